The molecule has 2 aromatic heterocycles. The average Bonchev–Trinajstić information content (AvgIpc) is 2.90. The summed E-state index contributed by atoms with van der Waals surface area (Å²) in [5, 5.41) is 9.28. The summed E-state index contributed by atoms with van der Waals surface area (Å²) in [4.78, 5) is 16.5. The van der Waals surface area contributed by atoms with Gasteiger partial charge in [-0.05, 0) is 13.8 Å². The summed E-state index contributed by atoms with van der Waals surface area (Å²) < 4.78 is 5.05. The molecule has 0 saturated heterocycles. The summed E-state index contributed by atoms with van der Waals surface area (Å²) in [7, 11) is 0. The number of nitrogens with one attached hydrogen (secondary N) is 1. The van der Waals surface area contributed by atoms with E-state index in [9.17, 15) is 4.79 Å². The second-order valence-corrected chi connectivity index (χ2v) is 6.67. The molecule has 0 fully saturated rings. The first-order valence-electron chi connectivity index (χ1n) is 6.45. The number of nitrogens with zero attached hydrogens (tertiary/aromatic N) is 2. The minimum absolute atomic E-state index is 0.0128. The molecule has 108 valence electrons. The molecule has 2 aromatic rings. The van der Waals surface area contributed by atoms with Crippen molar-refractivity contribution in [2.24, 2.45) is 0 Å². The van der Waals surface area contributed by atoms with E-state index < -0.39 is 0 Å². The molecule has 2 rings (SSSR count). The topological polar surface area (TPSA) is 68.0 Å². The molecule has 6 heteroatoms. The van der Waals surface area contributed by atoms with Crippen LogP contribution in [0.15, 0.2) is 9.90 Å². The zero-order chi connectivity index (χ0) is 14.9. The zero-order valence-corrected chi connectivity index (χ0v) is 13.2. The third-order valence-electron chi connectivity index (χ3n) is 3.04. The van der Waals surface area contributed by atoms with Gasteiger partial charge in [0.2, 0.25) is 5.91 Å². The number of carbonyl (C=O) groups excluding carboxylic acids is 1. The number of thiazole rings is 1. The normalized spacial score (nSPS) is 11.7. The highest BCUT2D eigenvalue weighted by Gasteiger charge is 2.19. The fourth-order valence-electron chi connectivity index (χ4n) is 1.75. The van der Waals surface area contributed by atoms with Gasteiger partial charge in [-0.25, -0.2) is 4.98 Å². The average molecular weight is 293 g/mol. The first-order chi connectivity index (χ1) is 9.27. The lowest BCUT2D eigenvalue weighted by Crippen LogP contribution is -2.16. The molecule has 5 nitrogen and oxygen atoms in total. The second-order valence-electron chi connectivity index (χ2n) is 5.82. The molecule has 0 spiro atoms. The predicted octanol–water partition coefficient (Wildman–Crippen LogP) is 3.23. The molecular formula is C14H19N3O2S. The van der Waals surface area contributed by atoms with Crippen LogP contribution in [0.3, 0.4) is 0 Å². The maximum absolute atomic E-state index is 12.0. The third kappa shape index (κ3) is 3.25. The van der Waals surface area contributed by atoms with E-state index in [1.54, 1.807) is 0 Å². The van der Waals surface area contributed by atoms with Gasteiger partial charge in [-0.15, -0.1) is 11.3 Å². The Morgan fingerprint density at radius 3 is 2.60 bits per heavy atom. The molecule has 2 heterocycles. The minimum atomic E-state index is -0.103. The number of aryl methyl sites for hydroxylation is 2. The van der Waals surface area contributed by atoms with Gasteiger partial charge in [0, 0.05) is 16.4 Å². The van der Waals surface area contributed by atoms with Crippen LogP contribution in [0.1, 0.15) is 43.5 Å². The maximum atomic E-state index is 12.0. The summed E-state index contributed by atoms with van der Waals surface area (Å²) in [5.41, 5.74) is 2.57. The SMILES string of the molecule is Cc1noc(C)c1CC(=O)Nc1nc(C(C)(C)C)cs1. The molecule has 0 radical (unpaired) electrons. The van der Waals surface area contributed by atoms with Crippen LogP contribution in [0.4, 0.5) is 5.13 Å². The first-order valence-corrected chi connectivity index (χ1v) is 7.33. The van der Waals surface area contributed by atoms with E-state index >= 15 is 0 Å². The summed E-state index contributed by atoms with van der Waals surface area (Å²) in [6.07, 6.45) is 0.256. The Morgan fingerprint density at radius 2 is 2.10 bits per heavy atom. The molecule has 0 aliphatic rings. The van der Waals surface area contributed by atoms with Gasteiger partial charge in [-0.1, -0.05) is 25.9 Å². The Kier molecular flexibility index (Phi) is 3.94. The fraction of sp³-hybridized carbons (Fsp3) is 0.500. The quantitative estimate of drug-likeness (QED) is 0.943. The van der Waals surface area contributed by atoms with Crippen LogP contribution in [-0.2, 0) is 16.6 Å². The van der Waals surface area contributed by atoms with E-state index in [4.69, 9.17) is 4.52 Å². The summed E-state index contributed by atoms with van der Waals surface area (Å²) in [6.45, 7) is 9.93. The molecule has 20 heavy (non-hydrogen) atoms. The monoisotopic (exact) mass is 293 g/mol. The highest BCUT2D eigenvalue weighted by Crippen LogP contribution is 2.26. The maximum Gasteiger partial charge on any atom is 0.230 e. The lowest BCUT2D eigenvalue weighted by molar-refractivity contribution is -0.115. The number of aromatic nitrogens is 2. The highest BCUT2D eigenvalue weighted by molar-refractivity contribution is 7.13. The Hall–Kier alpha value is -1.69. The number of carbonyl (C=O) groups is 1. The van der Waals surface area contributed by atoms with Gasteiger partial charge in [0.1, 0.15) is 5.76 Å². The van der Waals surface area contributed by atoms with Crippen LogP contribution >= 0.6 is 11.3 Å². The molecule has 0 atom stereocenters. The number of hydrogen-bond donors (Lipinski definition) is 1. The molecule has 1 N–H and O–H groups in total. The molecular weight excluding hydrogens is 274 g/mol. The predicted molar refractivity (Wildman–Crippen MR) is 79.1 cm³/mol. The standard InChI is InChI=1S/C14H19N3O2S/c1-8-10(9(2)19-17-8)6-12(18)16-13-15-11(7-20-13)14(3,4)5/h7H,6H2,1-5H3,(H,15,16,18). The van der Waals surface area contributed by atoms with Crippen LogP contribution in [-0.4, -0.2) is 16.0 Å². The van der Waals surface area contributed by atoms with Gasteiger partial charge in [0.15, 0.2) is 5.13 Å². The van der Waals surface area contributed by atoms with Crippen molar-refractivity contribution in [2.75, 3.05) is 5.32 Å². The van der Waals surface area contributed by atoms with Crippen molar-refractivity contribution in [3.63, 3.8) is 0 Å². The van der Waals surface area contributed by atoms with Crippen LogP contribution in [0.5, 0.6) is 0 Å². The molecule has 0 bridgehead atoms. The van der Waals surface area contributed by atoms with E-state index in [2.05, 4.69) is 36.2 Å². The Bertz CT molecular complexity index is 603. The van der Waals surface area contributed by atoms with Crippen LogP contribution in [0, 0.1) is 13.8 Å². The zero-order valence-electron chi connectivity index (χ0n) is 12.4. The summed E-state index contributed by atoms with van der Waals surface area (Å²) in [6, 6.07) is 0. The fourth-order valence-corrected chi connectivity index (χ4v) is 2.71. The van der Waals surface area contributed by atoms with Crippen molar-refractivity contribution in [1.82, 2.24) is 10.1 Å². The summed E-state index contributed by atoms with van der Waals surface area (Å²) in [5.74, 6) is 0.585. The number of rotatable bonds is 3. The smallest absolute Gasteiger partial charge is 0.230 e. The van der Waals surface area contributed by atoms with Crippen LogP contribution in [0.2, 0.25) is 0 Å². The van der Waals surface area contributed by atoms with Gasteiger partial charge < -0.3 is 9.84 Å². The Labute approximate surface area is 122 Å². The number of anilines is 1. The van der Waals surface area contributed by atoms with E-state index in [-0.39, 0.29) is 17.7 Å². The second kappa shape index (κ2) is 5.36. The van der Waals surface area contributed by atoms with Crippen molar-refractivity contribution < 1.29 is 9.32 Å². The van der Waals surface area contributed by atoms with Crippen molar-refractivity contribution in [3.05, 3.63) is 28.1 Å². The lowest BCUT2D eigenvalue weighted by atomic mass is 9.93. The van der Waals surface area contributed by atoms with Crippen molar-refractivity contribution in [2.45, 2.75) is 46.5 Å². The molecule has 0 aromatic carbocycles. The summed E-state index contributed by atoms with van der Waals surface area (Å²) >= 11 is 1.44. The number of amides is 1. The lowest BCUT2D eigenvalue weighted by Gasteiger charge is -2.14. The van der Waals surface area contributed by atoms with Crippen molar-refractivity contribution >= 4 is 22.4 Å². The van der Waals surface area contributed by atoms with Crippen LogP contribution in [0.25, 0.3) is 0 Å². The Balaban J connectivity index is 2.04. The van der Waals surface area contributed by atoms with Crippen molar-refractivity contribution in [3.8, 4) is 0 Å². The van der Waals surface area contributed by atoms with E-state index in [0.29, 0.717) is 10.9 Å². The minimum Gasteiger partial charge on any atom is -0.361 e. The van der Waals surface area contributed by atoms with Gasteiger partial charge in [0.25, 0.3) is 0 Å². The molecule has 0 saturated carbocycles. The third-order valence-corrected chi connectivity index (χ3v) is 3.80. The van der Waals surface area contributed by atoms with E-state index in [1.807, 2.05) is 19.2 Å². The highest BCUT2D eigenvalue weighted by atomic mass is 32.1. The van der Waals surface area contributed by atoms with Gasteiger partial charge in [0.05, 0.1) is 17.8 Å². The molecule has 0 aliphatic heterocycles. The molecule has 0 aliphatic carbocycles. The Morgan fingerprint density at radius 1 is 1.40 bits per heavy atom. The molecule has 1 amide bonds. The molecule has 0 unspecified atom stereocenters. The van der Waals surface area contributed by atoms with E-state index in [0.717, 1.165) is 17.0 Å². The van der Waals surface area contributed by atoms with Crippen LogP contribution < -0.4 is 5.32 Å². The number of hydrogen-bond acceptors (Lipinski definition) is 5. The first kappa shape index (κ1) is 14.7. The van der Waals surface area contributed by atoms with E-state index in [1.165, 1.54) is 11.3 Å². The van der Waals surface area contributed by atoms with Gasteiger partial charge in [-0.2, -0.15) is 0 Å². The van der Waals surface area contributed by atoms with Gasteiger partial charge >= 0.3 is 0 Å². The van der Waals surface area contributed by atoms with Gasteiger partial charge in [-0.3, -0.25) is 4.79 Å². The van der Waals surface area contributed by atoms with Crippen molar-refractivity contribution in [1.29, 1.82) is 0 Å². The largest absolute Gasteiger partial charge is 0.361 e.